The fraction of sp³-hybridized carbons (Fsp3) is 0.720. The number of rotatable bonds is 7. The van der Waals surface area contributed by atoms with Gasteiger partial charge in [-0.1, -0.05) is 10.2 Å². The third-order valence-electron chi connectivity index (χ3n) is 5.88. The third-order valence-corrected chi connectivity index (χ3v) is 6.64. The fourth-order valence-electron chi connectivity index (χ4n) is 3.89. The number of esters is 1. The van der Waals surface area contributed by atoms with Gasteiger partial charge in [0.25, 0.3) is 0 Å². The van der Waals surface area contributed by atoms with Crippen molar-refractivity contribution in [3.63, 3.8) is 0 Å². The van der Waals surface area contributed by atoms with Crippen LogP contribution in [0.15, 0.2) is 10.5 Å². The Balaban J connectivity index is 1.94. The number of nitrogens with one attached hydrogen (secondary N) is 1. The number of halogens is 2. The first kappa shape index (κ1) is 32.6. The molecular formula is C25H36F2N4O9S. The lowest BCUT2D eigenvalue weighted by atomic mass is 9.82. The van der Waals surface area contributed by atoms with Crippen LogP contribution >= 0.6 is 11.3 Å². The van der Waals surface area contributed by atoms with Gasteiger partial charge >= 0.3 is 18.0 Å². The number of hydroxylamine groups is 2. The van der Waals surface area contributed by atoms with Gasteiger partial charge in [-0.05, 0) is 54.4 Å². The largest absolute Gasteiger partial charge is 0.457 e. The van der Waals surface area contributed by atoms with Gasteiger partial charge < -0.3 is 29.4 Å². The molecule has 230 valence electrons. The molecule has 3 rings (SSSR count). The Labute approximate surface area is 239 Å². The molecule has 1 saturated carbocycles. The van der Waals surface area contributed by atoms with Crippen molar-refractivity contribution in [1.82, 2.24) is 10.0 Å². The molecule has 2 fully saturated rings. The van der Waals surface area contributed by atoms with E-state index in [1.165, 1.54) is 5.38 Å². The highest BCUT2D eigenvalue weighted by atomic mass is 32.1. The Morgan fingerprint density at radius 3 is 2.12 bits per heavy atom. The number of thiazole rings is 1. The quantitative estimate of drug-likeness (QED) is 0.235. The van der Waals surface area contributed by atoms with E-state index in [4.69, 9.17) is 19.1 Å². The van der Waals surface area contributed by atoms with Crippen molar-refractivity contribution in [2.75, 3.05) is 5.32 Å². The van der Waals surface area contributed by atoms with E-state index < -0.39 is 84.6 Å². The van der Waals surface area contributed by atoms with Crippen LogP contribution in [-0.2, 0) is 28.7 Å². The van der Waals surface area contributed by atoms with Crippen molar-refractivity contribution in [2.24, 2.45) is 5.16 Å². The maximum absolute atomic E-state index is 14.0. The monoisotopic (exact) mass is 606 g/mol. The van der Waals surface area contributed by atoms with Gasteiger partial charge in [-0.3, -0.25) is 5.32 Å². The molecule has 41 heavy (non-hydrogen) atoms. The van der Waals surface area contributed by atoms with E-state index in [1.54, 1.807) is 41.5 Å². The van der Waals surface area contributed by atoms with E-state index in [1.807, 2.05) is 0 Å². The summed E-state index contributed by atoms with van der Waals surface area (Å²) in [5, 5.41) is 28.4. The Morgan fingerprint density at radius 1 is 1.02 bits per heavy atom. The van der Waals surface area contributed by atoms with E-state index in [0.29, 0.717) is 5.06 Å². The van der Waals surface area contributed by atoms with Crippen molar-refractivity contribution in [1.29, 1.82) is 0 Å². The molecule has 1 aromatic rings. The zero-order valence-electron chi connectivity index (χ0n) is 23.7. The number of aliphatic hydroxyl groups excluding tert-OH is 2. The van der Waals surface area contributed by atoms with Gasteiger partial charge in [0, 0.05) is 31.1 Å². The van der Waals surface area contributed by atoms with Gasteiger partial charge in [-0.2, -0.15) is 0 Å². The standard InChI is InChI=1S/C25H36F2N4O9S/c1-22(2,3)37-19(35)24(9-11-25(26,27)12-10-24)40-30-17(18(34)39-31-15(32)7-8-16(31)33)14-13-41-20(28-14)29-21(36)38-23(4,5)6/h13,15-16,32-33H,7-12H2,1-6H3,(H,28,29,36)/b30-17-. The summed E-state index contributed by atoms with van der Waals surface area (Å²) in [6, 6.07) is 0. The first-order valence-electron chi connectivity index (χ1n) is 13.0. The van der Waals surface area contributed by atoms with E-state index in [2.05, 4.69) is 15.5 Å². The lowest BCUT2D eigenvalue weighted by molar-refractivity contribution is -0.256. The van der Waals surface area contributed by atoms with E-state index >= 15 is 0 Å². The molecule has 0 spiro atoms. The SMILES string of the molecule is CC(C)(C)OC(=O)Nc1nc(/C(=N/OC2(C(=O)OC(C)(C)C)CCC(F)(F)CC2)C(=O)ON2C(O)CCC2O)cs1. The second-order valence-electron chi connectivity index (χ2n) is 11.8. The summed E-state index contributed by atoms with van der Waals surface area (Å²) in [7, 11) is 0. The summed E-state index contributed by atoms with van der Waals surface area (Å²) in [6.45, 7) is 9.80. The van der Waals surface area contributed by atoms with Crippen LogP contribution in [0.2, 0.25) is 0 Å². The maximum atomic E-state index is 14.0. The van der Waals surface area contributed by atoms with Gasteiger partial charge in [0.05, 0.1) is 0 Å². The molecule has 1 aliphatic carbocycles. The minimum atomic E-state index is -3.03. The van der Waals surface area contributed by atoms with Crippen LogP contribution in [-0.4, -0.2) is 79.2 Å². The Bertz CT molecular complexity index is 1140. The molecule has 0 radical (unpaired) electrons. The molecule has 0 bridgehead atoms. The van der Waals surface area contributed by atoms with Crippen molar-refractivity contribution in [3.8, 4) is 0 Å². The molecule has 2 heterocycles. The zero-order chi connectivity index (χ0) is 30.8. The lowest BCUT2D eigenvalue weighted by Crippen LogP contribution is -2.49. The number of hydrogen-bond donors (Lipinski definition) is 3. The molecule has 1 saturated heterocycles. The number of anilines is 1. The second-order valence-corrected chi connectivity index (χ2v) is 12.7. The Kier molecular flexibility index (Phi) is 9.62. The highest BCUT2D eigenvalue weighted by Gasteiger charge is 2.52. The average Bonchev–Trinajstić information content (AvgIpc) is 3.39. The van der Waals surface area contributed by atoms with E-state index in [9.17, 15) is 33.4 Å². The van der Waals surface area contributed by atoms with Gasteiger partial charge in [-0.15, -0.1) is 11.3 Å². The number of ether oxygens (including phenoxy) is 2. The van der Waals surface area contributed by atoms with Crippen LogP contribution in [0.5, 0.6) is 0 Å². The predicted molar refractivity (Wildman–Crippen MR) is 141 cm³/mol. The topological polar surface area (TPSA) is 169 Å². The van der Waals surface area contributed by atoms with E-state index in [0.717, 1.165) is 11.3 Å². The Morgan fingerprint density at radius 2 is 1.59 bits per heavy atom. The first-order valence-corrected chi connectivity index (χ1v) is 13.9. The molecule has 13 nitrogen and oxygen atoms in total. The minimum absolute atomic E-state index is 0.00940. The number of nitrogens with zero attached hydrogens (tertiary/aromatic N) is 3. The molecule has 3 N–H and O–H groups in total. The van der Waals surface area contributed by atoms with Crippen molar-refractivity contribution in [3.05, 3.63) is 11.1 Å². The summed E-state index contributed by atoms with van der Waals surface area (Å²) < 4.78 is 38.7. The first-order chi connectivity index (χ1) is 18.8. The van der Waals surface area contributed by atoms with Crippen LogP contribution in [0.3, 0.4) is 0 Å². The zero-order valence-corrected chi connectivity index (χ0v) is 24.5. The van der Waals surface area contributed by atoms with Crippen LogP contribution in [0.4, 0.5) is 18.7 Å². The molecule has 1 aromatic heterocycles. The van der Waals surface area contributed by atoms with E-state index in [-0.39, 0.29) is 23.7 Å². The molecule has 0 aromatic carbocycles. The van der Waals surface area contributed by atoms with Crippen molar-refractivity contribution < 1.29 is 52.5 Å². The Hall–Kier alpha value is -2.95. The van der Waals surface area contributed by atoms with Gasteiger partial charge in [0.1, 0.15) is 29.4 Å². The number of oxime groups is 1. The third kappa shape index (κ3) is 9.02. The molecule has 1 aliphatic heterocycles. The molecule has 2 unspecified atom stereocenters. The number of carbonyl (C=O) groups excluding carboxylic acids is 3. The van der Waals surface area contributed by atoms with Gasteiger partial charge in [0.15, 0.2) is 5.13 Å². The molecule has 2 atom stereocenters. The highest BCUT2D eigenvalue weighted by molar-refractivity contribution is 7.14. The average molecular weight is 607 g/mol. The highest BCUT2D eigenvalue weighted by Crippen LogP contribution is 2.42. The maximum Gasteiger partial charge on any atom is 0.413 e. The van der Waals surface area contributed by atoms with Crippen LogP contribution < -0.4 is 5.32 Å². The number of aliphatic hydroxyl groups is 2. The summed E-state index contributed by atoms with van der Waals surface area (Å²) in [6.07, 6.45) is -5.45. The van der Waals surface area contributed by atoms with Crippen LogP contribution in [0.1, 0.15) is 85.8 Å². The van der Waals surface area contributed by atoms with Gasteiger partial charge in [-0.25, -0.2) is 28.1 Å². The molecule has 1 amide bonds. The molecule has 2 aliphatic rings. The number of amides is 1. The predicted octanol–water partition coefficient (Wildman–Crippen LogP) is 3.69. The van der Waals surface area contributed by atoms with Crippen LogP contribution in [0, 0.1) is 0 Å². The lowest BCUT2D eigenvalue weighted by Gasteiger charge is -2.37. The molecular weight excluding hydrogens is 570 g/mol. The number of aromatic nitrogens is 1. The van der Waals surface area contributed by atoms with Gasteiger partial charge in [0.2, 0.25) is 17.2 Å². The summed E-state index contributed by atoms with van der Waals surface area (Å²) in [5.74, 6) is -5.20. The normalized spacial score (nSPS) is 23.0. The number of carbonyl (C=O) groups is 3. The summed E-state index contributed by atoms with van der Waals surface area (Å²) >= 11 is 0.898. The summed E-state index contributed by atoms with van der Waals surface area (Å²) in [4.78, 5) is 53.4. The van der Waals surface area contributed by atoms with Crippen molar-refractivity contribution >= 4 is 40.2 Å². The fourth-order valence-corrected chi connectivity index (χ4v) is 4.57. The number of alkyl halides is 2. The second kappa shape index (κ2) is 12.1. The van der Waals surface area contributed by atoms with Crippen molar-refractivity contribution in [2.45, 2.75) is 115 Å². The molecule has 16 heteroatoms. The van der Waals surface area contributed by atoms with Crippen LogP contribution in [0.25, 0.3) is 0 Å². The number of hydrogen-bond acceptors (Lipinski definition) is 13. The summed E-state index contributed by atoms with van der Waals surface area (Å²) in [5.41, 5.74) is -4.50. The smallest absolute Gasteiger partial charge is 0.413 e. The minimum Gasteiger partial charge on any atom is -0.457 e.